The van der Waals surface area contributed by atoms with Crippen LogP contribution in [0.5, 0.6) is 0 Å². The van der Waals surface area contributed by atoms with Crippen LogP contribution in [0.2, 0.25) is 0 Å². The summed E-state index contributed by atoms with van der Waals surface area (Å²) >= 11 is 0. The van der Waals surface area contributed by atoms with Crippen molar-refractivity contribution in [2.45, 2.75) is 0 Å². The van der Waals surface area contributed by atoms with Crippen LogP contribution in [0.25, 0.3) is 0 Å². The molecule has 728 valence electrons. The fourth-order valence-electron chi connectivity index (χ4n) is 8.59. The fourth-order valence-corrected chi connectivity index (χ4v) is 8.59. The average Bonchev–Trinajstić information content (AvgIpc) is 2.28. The van der Waals surface area contributed by atoms with E-state index in [4.69, 9.17) is 195 Å². The van der Waals surface area contributed by atoms with Gasteiger partial charge in [-0.1, -0.05) is 0 Å². The van der Waals surface area contributed by atoms with Gasteiger partial charge in [-0.05, 0) is 0 Å². The Bertz CT molecular complexity index is 1560. The summed E-state index contributed by atoms with van der Waals surface area (Å²) in [7, 11) is 0. The van der Waals surface area contributed by atoms with Gasteiger partial charge in [0, 0.05) is 0 Å². The van der Waals surface area contributed by atoms with E-state index in [9.17, 15) is 0 Å². The lowest BCUT2D eigenvalue weighted by atomic mass is 10.6. The van der Waals surface area contributed by atoms with E-state index in [1.54, 1.807) is 0 Å². The van der Waals surface area contributed by atoms with E-state index in [1.807, 2.05) is 0 Å². The Morgan fingerprint density at radius 3 is 0.124 bits per heavy atom. The second-order valence-electron chi connectivity index (χ2n) is 24.3. The van der Waals surface area contributed by atoms with Crippen molar-refractivity contribution in [3.63, 3.8) is 0 Å². The van der Waals surface area contributed by atoms with Gasteiger partial charge in [-0.2, -0.15) is 0 Å². The predicted molar refractivity (Wildman–Crippen MR) is 436 cm³/mol. The Hall–Kier alpha value is -1.64. The molecule has 0 fully saturated rings. The third kappa shape index (κ3) is 118. The van der Waals surface area contributed by atoms with E-state index in [0.717, 1.165) is 0 Å². The monoisotopic (exact) mass is 1780 g/mol. The van der Waals surface area contributed by atoms with Crippen molar-refractivity contribution >= 4 is 0 Å². The summed E-state index contributed by atoms with van der Waals surface area (Å²) in [5, 5.41) is 17.3. The second kappa shape index (κ2) is 118. The molecule has 0 radical (unpaired) electrons. The van der Waals surface area contributed by atoms with Crippen LogP contribution in [0, 0.1) is 0 Å². The minimum Gasteiger partial charge on any atom is -0.394 e. The summed E-state index contributed by atoms with van der Waals surface area (Å²) in [6.45, 7) is 37.1. The van der Waals surface area contributed by atoms with Gasteiger partial charge in [0.05, 0.1) is 529 Å². The number of aliphatic hydroxyl groups excluding tert-OH is 2. The van der Waals surface area contributed by atoms with Crippen molar-refractivity contribution in [3.8, 4) is 0 Å². The minimum atomic E-state index is 0.0148. The Labute approximate surface area is 721 Å². The minimum absolute atomic E-state index is 0.0148. The van der Waals surface area contributed by atoms with Crippen LogP contribution in [0.3, 0.4) is 0 Å². The summed E-state index contributed by atoms with van der Waals surface area (Å²) in [6.07, 6.45) is 0. The molecule has 2 N–H and O–H groups in total. The Morgan fingerprint density at radius 1 is 0.0579 bits per heavy atom. The molecule has 0 saturated carbocycles. The number of hydrogen-bond donors (Lipinski definition) is 2. The highest BCUT2D eigenvalue weighted by Crippen LogP contribution is 1.96. The van der Waals surface area contributed by atoms with Crippen molar-refractivity contribution in [2.75, 3.05) is 529 Å². The van der Waals surface area contributed by atoms with Gasteiger partial charge in [-0.25, -0.2) is 0 Å². The summed E-state index contributed by atoms with van der Waals surface area (Å²) in [5.41, 5.74) is 0. The van der Waals surface area contributed by atoms with Crippen LogP contribution in [-0.2, 0) is 185 Å². The molecule has 0 atom stereocenters. The Morgan fingerprint density at radius 2 is 0.0909 bits per heavy atom. The first kappa shape index (κ1) is 119. The first-order valence-corrected chi connectivity index (χ1v) is 43.1. The van der Waals surface area contributed by atoms with Crippen molar-refractivity contribution in [3.05, 3.63) is 0 Å². The summed E-state index contributed by atoms with van der Waals surface area (Å²) < 4.78 is 214. The molecule has 0 amide bonds. The predicted octanol–water partition coefficient (Wildman–Crippen LogP) is -0.382. The number of rotatable bonds is 118. The maximum Gasteiger partial charge on any atom is 0.0701 e. The molecule has 0 aliphatic heterocycles. The van der Waals surface area contributed by atoms with E-state index in [2.05, 4.69) is 0 Å². The van der Waals surface area contributed by atoms with Crippen LogP contribution in [-0.4, -0.2) is 539 Å². The van der Waals surface area contributed by atoms with Crippen molar-refractivity contribution in [1.29, 1.82) is 0 Å². The van der Waals surface area contributed by atoms with E-state index >= 15 is 0 Å². The van der Waals surface area contributed by atoms with Gasteiger partial charge in [0.1, 0.15) is 0 Å². The van der Waals surface area contributed by atoms with Crippen molar-refractivity contribution in [1.82, 2.24) is 0 Å². The normalized spacial score (nSPS) is 11.9. The molecule has 0 aromatic heterocycles. The van der Waals surface area contributed by atoms with Gasteiger partial charge in [0.25, 0.3) is 0 Å². The fraction of sp³-hybridized carbons (Fsp3) is 1.00. The molecule has 0 bridgehead atoms. The average molecular weight is 1780 g/mol. The summed E-state index contributed by atoms with van der Waals surface area (Å²) in [6, 6.07) is 0. The van der Waals surface area contributed by atoms with Crippen LogP contribution >= 0.6 is 0 Å². The summed E-state index contributed by atoms with van der Waals surface area (Å²) in [4.78, 5) is 0. The molecular formula is C80H162O41. The molecule has 0 aliphatic carbocycles. The van der Waals surface area contributed by atoms with Gasteiger partial charge in [-0.3, -0.25) is 0 Å². The molecule has 0 rings (SSSR count). The Kier molecular flexibility index (Phi) is 117. The molecule has 121 heavy (non-hydrogen) atoms. The zero-order valence-corrected chi connectivity index (χ0v) is 73.4. The van der Waals surface area contributed by atoms with Gasteiger partial charge >= 0.3 is 0 Å². The highest BCUT2D eigenvalue weighted by atomic mass is 16.6. The van der Waals surface area contributed by atoms with E-state index in [-0.39, 0.29) is 13.2 Å². The highest BCUT2D eigenvalue weighted by molar-refractivity contribution is 4.47. The third-order valence-electron chi connectivity index (χ3n) is 14.6. The molecule has 0 aromatic carbocycles. The lowest BCUT2D eigenvalue weighted by Gasteiger charge is -2.09. The van der Waals surface area contributed by atoms with Crippen LogP contribution in [0.4, 0.5) is 0 Å². The van der Waals surface area contributed by atoms with Gasteiger partial charge in [0.15, 0.2) is 0 Å². The number of aliphatic hydroxyl groups is 2. The molecule has 0 heterocycles. The lowest BCUT2D eigenvalue weighted by molar-refractivity contribution is -0.0328. The van der Waals surface area contributed by atoms with Crippen LogP contribution in [0.1, 0.15) is 0 Å². The molecule has 41 heteroatoms. The standard InChI is InChI=1S/C80H162O41/c81-1-3-83-5-7-85-9-11-87-13-15-89-17-19-91-21-23-93-25-27-95-29-31-97-33-35-99-37-39-101-41-43-103-45-47-105-49-51-107-53-55-109-57-59-111-61-63-113-65-67-115-69-71-117-73-75-119-77-79-121-80-78-120-76-74-118-72-70-116-68-66-114-64-62-112-60-58-110-56-54-108-52-50-106-48-46-104-44-42-102-40-38-100-36-34-98-32-30-96-28-26-94-24-22-92-20-18-90-16-14-88-12-10-86-8-6-84-4-2-82/h81-82H,1-80H2. The SMILES string of the molecule is OCCOCCOCCOCCOCCOCCOCCOCCOCCOCCOCCOCCOCCOCCOCCOCCOCCOCCOCCOCCOCCOCCOCCOCCOCCOCCOCCOCCOCCOCCOCCOCCOCCOCCOCCOCCOCCOCCOCCOCCO. The van der Waals surface area contributed by atoms with Crippen LogP contribution < -0.4 is 0 Å². The zero-order chi connectivity index (χ0) is 86.1. The van der Waals surface area contributed by atoms with E-state index < -0.39 is 0 Å². The summed E-state index contributed by atoms with van der Waals surface area (Å²) in [5.74, 6) is 0. The first-order valence-electron chi connectivity index (χ1n) is 43.1. The number of hydrogen-bond acceptors (Lipinski definition) is 41. The third-order valence-corrected chi connectivity index (χ3v) is 14.6. The molecule has 0 saturated heterocycles. The second-order valence-corrected chi connectivity index (χ2v) is 24.3. The molecule has 0 aromatic rings. The van der Waals surface area contributed by atoms with Gasteiger partial charge < -0.3 is 195 Å². The molecular weight excluding hydrogens is 1620 g/mol. The number of ether oxygens (including phenoxy) is 39. The topological polar surface area (TPSA) is 400 Å². The quantitative estimate of drug-likeness (QED) is 0.0733. The van der Waals surface area contributed by atoms with Gasteiger partial charge in [-0.15, -0.1) is 0 Å². The van der Waals surface area contributed by atoms with E-state index in [0.29, 0.717) is 515 Å². The van der Waals surface area contributed by atoms with Crippen molar-refractivity contribution < 1.29 is 195 Å². The first-order chi connectivity index (χ1) is 60.4. The van der Waals surface area contributed by atoms with Crippen molar-refractivity contribution in [2.24, 2.45) is 0 Å². The molecule has 0 unspecified atom stereocenters. The largest absolute Gasteiger partial charge is 0.394 e. The maximum absolute atomic E-state index is 8.63. The van der Waals surface area contributed by atoms with E-state index in [1.165, 1.54) is 0 Å². The Balaban J connectivity index is 3.10. The smallest absolute Gasteiger partial charge is 0.0701 e. The van der Waals surface area contributed by atoms with Crippen LogP contribution in [0.15, 0.2) is 0 Å². The molecule has 41 nitrogen and oxygen atoms in total. The zero-order valence-electron chi connectivity index (χ0n) is 73.4. The van der Waals surface area contributed by atoms with Gasteiger partial charge in [0.2, 0.25) is 0 Å². The molecule has 0 spiro atoms. The highest BCUT2D eigenvalue weighted by Gasteiger charge is 2.05. The lowest BCUT2D eigenvalue weighted by Crippen LogP contribution is -2.16. The maximum atomic E-state index is 8.63. The molecule has 0 aliphatic rings.